The van der Waals surface area contributed by atoms with Gasteiger partial charge < -0.3 is 10.6 Å². The van der Waals surface area contributed by atoms with E-state index in [0.717, 1.165) is 25.2 Å². The van der Waals surface area contributed by atoms with Crippen LogP contribution in [0.25, 0.3) is 0 Å². The number of nitrogens with zero attached hydrogens (tertiary/aromatic N) is 2. The smallest absolute Gasteiger partial charge is 0.0416 e. The summed E-state index contributed by atoms with van der Waals surface area (Å²) in [5.74, 6) is 0. The topological polar surface area (TPSA) is 42.1 Å². The van der Waals surface area contributed by atoms with Gasteiger partial charge in [-0.15, -0.1) is 0 Å². The molecule has 1 unspecified atom stereocenters. The van der Waals surface area contributed by atoms with E-state index < -0.39 is 0 Å². The van der Waals surface area contributed by atoms with E-state index in [0.29, 0.717) is 0 Å². The fourth-order valence-electron chi connectivity index (χ4n) is 1.77. The van der Waals surface area contributed by atoms with Crippen molar-refractivity contribution in [3.63, 3.8) is 0 Å². The van der Waals surface area contributed by atoms with Crippen LogP contribution >= 0.6 is 0 Å². The van der Waals surface area contributed by atoms with E-state index >= 15 is 0 Å². The maximum atomic E-state index is 5.99. The van der Waals surface area contributed by atoms with Crippen molar-refractivity contribution >= 4 is 0 Å². The summed E-state index contributed by atoms with van der Waals surface area (Å²) in [5, 5.41) is 0. The monoisotopic (exact) mass is 235 g/mol. The number of rotatable bonds is 6. The summed E-state index contributed by atoms with van der Waals surface area (Å²) in [7, 11) is 2.15. The first-order valence-electron chi connectivity index (χ1n) is 6.26. The van der Waals surface area contributed by atoms with E-state index in [1.165, 1.54) is 0 Å². The summed E-state index contributed by atoms with van der Waals surface area (Å²) < 4.78 is 0. The number of nitrogens with two attached hydrogens (primary N) is 1. The fraction of sp³-hybridized carbons (Fsp3) is 0.643. The van der Waals surface area contributed by atoms with E-state index in [4.69, 9.17) is 5.73 Å². The second-order valence-electron chi connectivity index (χ2n) is 5.59. The van der Waals surface area contributed by atoms with Crippen LogP contribution in [0, 0.1) is 5.41 Å². The summed E-state index contributed by atoms with van der Waals surface area (Å²) in [5.41, 5.74) is 7.29. The maximum absolute atomic E-state index is 5.99. The molecule has 17 heavy (non-hydrogen) atoms. The van der Waals surface area contributed by atoms with Gasteiger partial charge in [0.1, 0.15) is 0 Å². The van der Waals surface area contributed by atoms with Crippen LogP contribution in [0.2, 0.25) is 0 Å². The van der Waals surface area contributed by atoms with Crippen LogP contribution in [0.4, 0.5) is 0 Å². The number of hydrogen-bond donors (Lipinski definition) is 1. The Bertz CT molecular complexity index is 319. The van der Waals surface area contributed by atoms with Gasteiger partial charge in [0, 0.05) is 37.4 Å². The molecule has 1 aromatic heterocycles. The highest BCUT2D eigenvalue weighted by Crippen LogP contribution is 2.19. The molecule has 0 radical (unpaired) electrons. The quantitative estimate of drug-likeness (QED) is 0.819. The lowest BCUT2D eigenvalue weighted by Gasteiger charge is -2.33. The molecule has 0 aliphatic carbocycles. The van der Waals surface area contributed by atoms with Crippen molar-refractivity contribution in [2.24, 2.45) is 11.1 Å². The zero-order valence-electron chi connectivity index (χ0n) is 11.5. The normalized spacial score (nSPS) is 14.0. The summed E-state index contributed by atoms with van der Waals surface area (Å²) in [6.07, 6.45) is 2.84. The molecule has 1 aromatic rings. The zero-order valence-corrected chi connectivity index (χ0v) is 11.5. The Balaban J connectivity index is 2.38. The van der Waals surface area contributed by atoms with Gasteiger partial charge in [0.25, 0.3) is 0 Å². The molecular weight excluding hydrogens is 210 g/mol. The van der Waals surface area contributed by atoms with Crippen molar-refractivity contribution in [2.45, 2.75) is 33.2 Å². The Labute approximate surface area is 105 Å². The summed E-state index contributed by atoms with van der Waals surface area (Å²) >= 11 is 0. The number of pyridine rings is 1. The average molecular weight is 235 g/mol. The van der Waals surface area contributed by atoms with Crippen molar-refractivity contribution in [2.75, 3.05) is 20.1 Å². The van der Waals surface area contributed by atoms with Gasteiger partial charge in [-0.05, 0) is 31.5 Å². The average Bonchev–Trinajstić information content (AvgIpc) is 2.27. The van der Waals surface area contributed by atoms with Crippen molar-refractivity contribution in [1.29, 1.82) is 0 Å². The standard InChI is InChI=1S/C14H25N3/c1-12(15)14(2,3)11-17(4)10-8-13-7-5-6-9-16-13/h5-7,9,12H,8,10-11,15H2,1-4H3. The van der Waals surface area contributed by atoms with Gasteiger partial charge in [-0.25, -0.2) is 0 Å². The van der Waals surface area contributed by atoms with Crippen LogP contribution in [-0.4, -0.2) is 36.1 Å². The predicted octanol–water partition coefficient (Wildman–Crippen LogP) is 1.93. The molecule has 96 valence electrons. The molecule has 0 bridgehead atoms. The molecule has 3 nitrogen and oxygen atoms in total. The molecular formula is C14H25N3. The van der Waals surface area contributed by atoms with Crippen molar-refractivity contribution in [1.82, 2.24) is 9.88 Å². The number of hydrogen-bond acceptors (Lipinski definition) is 3. The van der Waals surface area contributed by atoms with E-state index in [1.807, 2.05) is 18.3 Å². The Morgan fingerprint density at radius 2 is 2.12 bits per heavy atom. The minimum atomic E-state index is 0.152. The number of aromatic nitrogens is 1. The molecule has 1 heterocycles. The zero-order chi connectivity index (χ0) is 12.9. The van der Waals surface area contributed by atoms with Crippen LogP contribution in [0.3, 0.4) is 0 Å². The van der Waals surface area contributed by atoms with Crippen LogP contribution in [0.5, 0.6) is 0 Å². The maximum Gasteiger partial charge on any atom is 0.0416 e. The minimum Gasteiger partial charge on any atom is -0.327 e. The Morgan fingerprint density at radius 1 is 1.41 bits per heavy atom. The number of likely N-dealkylation sites (N-methyl/N-ethyl adjacent to an activating group) is 1. The van der Waals surface area contributed by atoms with Crippen molar-refractivity contribution < 1.29 is 0 Å². The Hall–Kier alpha value is -0.930. The van der Waals surface area contributed by atoms with E-state index in [-0.39, 0.29) is 11.5 Å². The van der Waals surface area contributed by atoms with Crippen molar-refractivity contribution in [3.05, 3.63) is 30.1 Å². The Kier molecular flexibility index (Phi) is 5.09. The summed E-state index contributed by atoms with van der Waals surface area (Å²) in [6, 6.07) is 6.27. The summed E-state index contributed by atoms with van der Waals surface area (Å²) in [6.45, 7) is 8.54. The van der Waals surface area contributed by atoms with Gasteiger partial charge in [0.15, 0.2) is 0 Å². The van der Waals surface area contributed by atoms with Crippen molar-refractivity contribution in [3.8, 4) is 0 Å². The molecule has 0 amide bonds. The molecule has 1 rings (SSSR count). The van der Waals surface area contributed by atoms with Crippen LogP contribution in [0.15, 0.2) is 24.4 Å². The van der Waals surface area contributed by atoms with E-state index in [9.17, 15) is 0 Å². The summed E-state index contributed by atoms with van der Waals surface area (Å²) in [4.78, 5) is 6.66. The third-order valence-corrected chi connectivity index (χ3v) is 3.39. The van der Waals surface area contributed by atoms with Gasteiger partial charge in [0.2, 0.25) is 0 Å². The van der Waals surface area contributed by atoms with Crippen LogP contribution in [0.1, 0.15) is 26.5 Å². The first-order chi connectivity index (χ1) is 7.92. The first-order valence-corrected chi connectivity index (χ1v) is 6.26. The van der Waals surface area contributed by atoms with Gasteiger partial charge in [-0.2, -0.15) is 0 Å². The molecule has 0 saturated carbocycles. The van der Waals surface area contributed by atoms with Gasteiger partial charge in [-0.3, -0.25) is 4.98 Å². The fourth-order valence-corrected chi connectivity index (χ4v) is 1.77. The van der Waals surface area contributed by atoms with Gasteiger partial charge in [0.05, 0.1) is 0 Å². The molecule has 3 heteroatoms. The molecule has 0 aliphatic rings. The first kappa shape index (κ1) is 14.1. The highest BCUT2D eigenvalue weighted by Gasteiger charge is 2.24. The van der Waals surface area contributed by atoms with Crippen LogP contribution in [-0.2, 0) is 6.42 Å². The second kappa shape index (κ2) is 6.12. The second-order valence-corrected chi connectivity index (χ2v) is 5.59. The lowest BCUT2D eigenvalue weighted by atomic mass is 9.85. The minimum absolute atomic E-state index is 0.152. The predicted molar refractivity (Wildman–Crippen MR) is 72.9 cm³/mol. The molecule has 0 aliphatic heterocycles. The highest BCUT2D eigenvalue weighted by atomic mass is 15.1. The largest absolute Gasteiger partial charge is 0.327 e. The third-order valence-electron chi connectivity index (χ3n) is 3.39. The molecule has 0 fully saturated rings. The van der Waals surface area contributed by atoms with Gasteiger partial charge >= 0.3 is 0 Å². The Morgan fingerprint density at radius 3 is 2.65 bits per heavy atom. The highest BCUT2D eigenvalue weighted by molar-refractivity contribution is 5.03. The van der Waals surface area contributed by atoms with Gasteiger partial charge in [-0.1, -0.05) is 19.9 Å². The van der Waals surface area contributed by atoms with E-state index in [1.54, 1.807) is 0 Å². The lowest BCUT2D eigenvalue weighted by molar-refractivity contribution is 0.184. The SMILES string of the molecule is CC(N)C(C)(C)CN(C)CCc1ccccn1. The molecule has 1 atom stereocenters. The van der Waals surface area contributed by atoms with E-state index in [2.05, 4.69) is 43.8 Å². The van der Waals surface area contributed by atoms with Crippen LogP contribution < -0.4 is 5.73 Å². The molecule has 0 aromatic carbocycles. The lowest BCUT2D eigenvalue weighted by Crippen LogP contribution is -2.43. The third kappa shape index (κ3) is 4.84. The molecule has 2 N–H and O–H groups in total. The molecule has 0 spiro atoms. The molecule has 0 saturated heterocycles.